The van der Waals surface area contributed by atoms with Crippen LogP contribution in [0.3, 0.4) is 0 Å². The Kier molecular flexibility index (Phi) is 3.08. The maximum atomic E-state index is 4.51. The average molecular weight is 307 g/mol. The lowest BCUT2D eigenvalue weighted by atomic mass is 10.2. The van der Waals surface area contributed by atoms with Crippen molar-refractivity contribution >= 4 is 11.3 Å². The van der Waals surface area contributed by atoms with Crippen LogP contribution < -0.4 is 0 Å². The fraction of sp³-hybridized carbons (Fsp3) is 0.0625. The van der Waals surface area contributed by atoms with E-state index in [0.717, 1.165) is 17.2 Å². The maximum Gasteiger partial charge on any atom is 0.154 e. The smallest absolute Gasteiger partial charge is 0.154 e. The molecule has 4 rings (SSSR count). The van der Waals surface area contributed by atoms with E-state index in [-0.39, 0.29) is 0 Å². The summed E-state index contributed by atoms with van der Waals surface area (Å²) in [5.74, 6) is 0.973. The highest BCUT2D eigenvalue weighted by Gasteiger charge is 2.11. The van der Waals surface area contributed by atoms with Crippen molar-refractivity contribution in [1.29, 1.82) is 0 Å². The molecule has 3 aromatic heterocycles. The predicted octanol–water partition coefficient (Wildman–Crippen LogP) is 3.49. The van der Waals surface area contributed by atoms with Crippen LogP contribution in [0.2, 0.25) is 0 Å². The molecular weight excluding hydrogens is 294 g/mol. The summed E-state index contributed by atoms with van der Waals surface area (Å²) in [7, 11) is 0. The molecule has 0 unspecified atom stereocenters. The summed E-state index contributed by atoms with van der Waals surface area (Å²) in [5.41, 5.74) is 3.30. The number of thiophene rings is 1. The molecule has 3 heterocycles. The van der Waals surface area contributed by atoms with Crippen molar-refractivity contribution in [3.05, 3.63) is 66.3 Å². The van der Waals surface area contributed by atoms with Gasteiger partial charge in [-0.05, 0) is 48.2 Å². The first-order chi connectivity index (χ1) is 10.8. The van der Waals surface area contributed by atoms with Crippen LogP contribution in [0.15, 0.2) is 60.8 Å². The zero-order valence-corrected chi connectivity index (χ0v) is 12.7. The highest BCUT2D eigenvalue weighted by Crippen LogP contribution is 2.29. The first-order valence-corrected chi connectivity index (χ1v) is 7.74. The fourth-order valence-electron chi connectivity index (χ4n) is 2.39. The minimum atomic E-state index is 0.973. The molecule has 6 heteroatoms. The van der Waals surface area contributed by atoms with E-state index in [2.05, 4.69) is 50.1 Å². The molecule has 0 atom stereocenters. The molecule has 0 N–H and O–H groups in total. The van der Waals surface area contributed by atoms with Crippen LogP contribution >= 0.6 is 11.3 Å². The Morgan fingerprint density at radius 3 is 2.55 bits per heavy atom. The maximum absolute atomic E-state index is 4.51. The van der Waals surface area contributed by atoms with E-state index in [0.29, 0.717) is 0 Å². The Balaban J connectivity index is 1.75. The lowest BCUT2D eigenvalue weighted by Gasteiger charge is -2.08. The van der Waals surface area contributed by atoms with Crippen molar-refractivity contribution in [3.63, 3.8) is 0 Å². The lowest BCUT2D eigenvalue weighted by Crippen LogP contribution is -1.98. The summed E-state index contributed by atoms with van der Waals surface area (Å²) < 4.78 is 3.84. The van der Waals surface area contributed by atoms with Crippen molar-refractivity contribution in [2.24, 2.45) is 0 Å². The topological polar surface area (TPSA) is 48.5 Å². The minimum absolute atomic E-state index is 0.973. The molecule has 0 amide bonds. The van der Waals surface area contributed by atoms with E-state index in [4.69, 9.17) is 0 Å². The summed E-state index contributed by atoms with van der Waals surface area (Å²) >= 11 is 1.71. The summed E-state index contributed by atoms with van der Waals surface area (Å²) in [5, 5.41) is 6.23. The van der Waals surface area contributed by atoms with Crippen LogP contribution in [0, 0.1) is 6.92 Å². The van der Waals surface area contributed by atoms with Crippen LogP contribution in [0.5, 0.6) is 0 Å². The van der Waals surface area contributed by atoms with E-state index in [1.807, 2.05) is 24.5 Å². The van der Waals surface area contributed by atoms with Crippen molar-refractivity contribution < 1.29 is 0 Å². The molecule has 0 saturated carbocycles. The third-order valence-corrected chi connectivity index (χ3v) is 4.53. The van der Waals surface area contributed by atoms with Crippen LogP contribution in [-0.4, -0.2) is 24.3 Å². The zero-order valence-electron chi connectivity index (χ0n) is 11.9. The predicted molar refractivity (Wildman–Crippen MR) is 86.5 cm³/mol. The van der Waals surface area contributed by atoms with E-state index in [1.54, 1.807) is 22.3 Å². The number of aromatic nitrogens is 5. The van der Waals surface area contributed by atoms with Crippen LogP contribution in [-0.2, 0) is 0 Å². The van der Waals surface area contributed by atoms with Crippen LogP contribution in [0.25, 0.3) is 22.1 Å². The lowest BCUT2D eigenvalue weighted by molar-refractivity contribution is 0.877. The van der Waals surface area contributed by atoms with E-state index < -0.39 is 0 Å². The summed E-state index contributed by atoms with van der Waals surface area (Å²) in [4.78, 5) is 9.68. The largest absolute Gasteiger partial charge is 0.299 e. The number of benzene rings is 1. The van der Waals surface area contributed by atoms with Gasteiger partial charge in [0.2, 0.25) is 0 Å². The van der Waals surface area contributed by atoms with Gasteiger partial charge in [-0.2, -0.15) is 5.10 Å². The molecule has 1 aromatic carbocycles. The quantitative estimate of drug-likeness (QED) is 0.582. The minimum Gasteiger partial charge on any atom is -0.299 e. The third kappa shape index (κ3) is 2.14. The first-order valence-electron chi connectivity index (χ1n) is 6.86. The monoisotopic (exact) mass is 307 g/mol. The Hall–Kier alpha value is -2.73. The SMILES string of the molecule is Cc1ccsc1-c1nccn1-c1ccc(-n2cncn2)cc1. The molecule has 5 nitrogen and oxygen atoms in total. The molecule has 0 spiro atoms. The second-order valence-electron chi connectivity index (χ2n) is 4.91. The number of hydrogen-bond donors (Lipinski definition) is 0. The van der Waals surface area contributed by atoms with E-state index in [1.165, 1.54) is 16.8 Å². The van der Waals surface area contributed by atoms with Gasteiger partial charge in [-0.1, -0.05) is 0 Å². The van der Waals surface area contributed by atoms with E-state index >= 15 is 0 Å². The standard InChI is InChI=1S/C16H13N5S/c1-12-6-9-22-15(12)16-18-7-8-20(16)13-2-4-14(5-3-13)21-11-17-10-19-21/h2-11H,1H3. The number of imidazole rings is 1. The molecule has 0 bridgehead atoms. The van der Waals surface area contributed by atoms with Gasteiger partial charge in [0, 0.05) is 18.1 Å². The highest BCUT2D eigenvalue weighted by atomic mass is 32.1. The van der Waals surface area contributed by atoms with Crippen molar-refractivity contribution in [2.75, 3.05) is 0 Å². The molecule has 4 aromatic rings. The number of aryl methyl sites for hydroxylation is 1. The number of hydrogen-bond acceptors (Lipinski definition) is 4. The number of nitrogens with zero attached hydrogens (tertiary/aromatic N) is 5. The molecule has 108 valence electrons. The van der Waals surface area contributed by atoms with Gasteiger partial charge >= 0.3 is 0 Å². The van der Waals surface area contributed by atoms with Crippen LogP contribution in [0.1, 0.15) is 5.56 Å². The fourth-order valence-corrected chi connectivity index (χ4v) is 3.31. The first kappa shape index (κ1) is 13.0. The molecule has 0 aliphatic carbocycles. The van der Waals surface area contributed by atoms with Crippen molar-refractivity contribution in [3.8, 4) is 22.1 Å². The zero-order chi connectivity index (χ0) is 14.9. The summed E-state index contributed by atoms with van der Waals surface area (Å²) in [6.45, 7) is 2.11. The van der Waals surface area contributed by atoms with Crippen molar-refractivity contribution in [2.45, 2.75) is 6.92 Å². The van der Waals surface area contributed by atoms with E-state index in [9.17, 15) is 0 Å². The molecule has 0 radical (unpaired) electrons. The third-order valence-electron chi connectivity index (χ3n) is 3.52. The summed E-state index contributed by atoms with van der Waals surface area (Å²) in [6, 6.07) is 10.3. The molecule has 0 fully saturated rings. The van der Waals surface area contributed by atoms with Gasteiger partial charge in [0.15, 0.2) is 5.82 Å². The molecule has 22 heavy (non-hydrogen) atoms. The Morgan fingerprint density at radius 1 is 1.05 bits per heavy atom. The van der Waals surface area contributed by atoms with Gasteiger partial charge < -0.3 is 0 Å². The summed E-state index contributed by atoms with van der Waals surface area (Å²) in [6.07, 6.45) is 7.03. The molecular formula is C16H13N5S. The van der Waals surface area contributed by atoms with Gasteiger partial charge in [0.05, 0.1) is 10.6 Å². The second kappa shape index (κ2) is 5.23. The Bertz CT molecular complexity index is 887. The van der Waals surface area contributed by atoms with Gasteiger partial charge in [-0.25, -0.2) is 14.6 Å². The molecule has 0 saturated heterocycles. The highest BCUT2D eigenvalue weighted by molar-refractivity contribution is 7.13. The van der Waals surface area contributed by atoms with Gasteiger partial charge in [0.1, 0.15) is 12.7 Å². The normalized spacial score (nSPS) is 11.0. The van der Waals surface area contributed by atoms with Gasteiger partial charge in [-0.15, -0.1) is 11.3 Å². The average Bonchev–Trinajstić information content (AvgIpc) is 3.28. The molecule has 0 aliphatic heterocycles. The second-order valence-corrected chi connectivity index (χ2v) is 5.83. The Morgan fingerprint density at radius 2 is 1.86 bits per heavy atom. The Labute approximate surface area is 131 Å². The van der Waals surface area contributed by atoms with Crippen LogP contribution in [0.4, 0.5) is 0 Å². The molecule has 0 aliphatic rings. The van der Waals surface area contributed by atoms with Gasteiger partial charge in [0.25, 0.3) is 0 Å². The number of rotatable bonds is 3. The van der Waals surface area contributed by atoms with Crippen molar-refractivity contribution in [1.82, 2.24) is 24.3 Å². The van der Waals surface area contributed by atoms with Gasteiger partial charge in [-0.3, -0.25) is 4.57 Å².